The predicted octanol–water partition coefficient (Wildman–Crippen LogP) is 2.59. The van der Waals surface area contributed by atoms with Gasteiger partial charge in [-0.25, -0.2) is 0 Å². The minimum Gasteiger partial charge on any atom is -0.368 e. The van der Waals surface area contributed by atoms with E-state index in [0.717, 1.165) is 13.1 Å². The van der Waals surface area contributed by atoms with Crippen LogP contribution in [-0.4, -0.2) is 19.1 Å². The first-order valence-corrected chi connectivity index (χ1v) is 6.20. The zero-order valence-corrected chi connectivity index (χ0v) is 10.5. The van der Waals surface area contributed by atoms with Gasteiger partial charge in [0.2, 0.25) is 0 Å². The molecule has 1 heterocycles. The second kappa shape index (κ2) is 4.46. The Balaban J connectivity index is 2.35. The number of hydrogen-bond acceptors (Lipinski definition) is 2. The molecule has 16 heavy (non-hydrogen) atoms. The summed E-state index contributed by atoms with van der Waals surface area (Å²) in [4.78, 5) is 2.49. The van der Waals surface area contributed by atoms with E-state index in [9.17, 15) is 0 Å². The molecule has 0 amide bonds. The third-order valence-corrected chi connectivity index (χ3v) is 3.72. The molecular formula is C14H22N2. The van der Waals surface area contributed by atoms with E-state index in [2.05, 4.69) is 49.9 Å². The normalized spacial score (nSPS) is 21.3. The fourth-order valence-electron chi connectivity index (χ4n) is 2.61. The number of hydrogen-bond donors (Lipinski definition) is 1. The lowest BCUT2D eigenvalue weighted by molar-refractivity contribution is 0.476. The molecule has 1 aliphatic heterocycles. The molecule has 2 rings (SSSR count). The maximum atomic E-state index is 5.81. The summed E-state index contributed by atoms with van der Waals surface area (Å²) in [5.41, 5.74) is 8.70. The summed E-state index contributed by atoms with van der Waals surface area (Å²) in [7, 11) is 0. The van der Waals surface area contributed by atoms with E-state index >= 15 is 0 Å². The molecule has 0 spiro atoms. The molecule has 2 unspecified atom stereocenters. The summed E-state index contributed by atoms with van der Waals surface area (Å²) < 4.78 is 0. The fourth-order valence-corrected chi connectivity index (χ4v) is 2.61. The summed E-state index contributed by atoms with van der Waals surface area (Å²) in [6.45, 7) is 8.66. The highest BCUT2D eigenvalue weighted by Gasteiger charge is 2.32. The number of fused-ring (bicyclic) bond motifs is 1. The molecule has 2 heteroatoms. The smallest absolute Gasteiger partial charge is 0.0404 e. The van der Waals surface area contributed by atoms with Crippen LogP contribution in [0.15, 0.2) is 24.3 Å². The van der Waals surface area contributed by atoms with Crippen molar-refractivity contribution in [3.8, 4) is 0 Å². The van der Waals surface area contributed by atoms with Crippen LogP contribution in [0.3, 0.4) is 0 Å². The van der Waals surface area contributed by atoms with Crippen molar-refractivity contribution in [3.05, 3.63) is 29.8 Å². The number of anilines is 1. The highest BCUT2D eigenvalue weighted by Crippen LogP contribution is 2.40. The van der Waals surface area contributed by atoms with Crippen molar-refractivity contribution in [2.75, 3.05) is 18.0 Å². The van der Waals surface area contributed by atoms with Gasteiger partial charge in [0, 0.05) is 24.2 Å². The van der Waals surface area contributed by atoms with Crippen LogP contribution < -0.4 is 10.6 Å². The van der Waals surface area contributed by atoms with E-state index in [1.54, 1.807) is 0 Å². The Morgan fingerprint density at radius 3 is 2.62 bits per heavy atom. The standard InChI is InChI=1S/C14H22N2/c1-10(2)16-9-13(11(3)8-15)12-6-4-5-7-14(12)16/h4-7,10-11,13H,8-9,15H2,1-3H3. The zero-order valence-electron chi connectivity index (χ0n) is 10.5. The van der Waals surface area contributed by atoms with Crippen LogP contribution in [0.2, 0.25) is 0 Å². The van der Waals surface area contributed by atoms with Crippen molar-refractivity contribution >= 4 is 5.69 Å². The van der Waals surface area contributed by atoms with Crippen LogP contribution in [-0.2, 0) is 0 Å². The van der Waals surface area contributed by atoms with Crippen LogP contribution in [0.1, 0.15) is 32.3 Å². The van der Waals surface area contributed by atoms with Crippen LogP contribution >= 0.6 is 0 Å². The first-order valence-electron chi connectivity index (χ1n) is 6.20. The van der Waals surface area contributed by atoms with E-state index in [1.165, 1.54) is 11.3 Å². The van der Waals surface area contributed by atoms with Crippen molar-refractivity contribution in [2.24, 2.45) is 11.7 Å². The lowest BCUT2D eigenvalue weighted by Crippen LogP contribution is -2.31. The summed E-state index contributed by atoms with van der Waals surface area (Å²) in [6.07, 6.45) is 0. The van der Waals surface area contributed by atoms with Crippen LogP contribution in [0.25, 0.3) is 0 Å². The molecule has 0 radical (unpaired) electrons. The Kier molecular flexibility index (Phi) is 3.20. The molecule has 88 valence electrons. The van der Waals surface area contributed by atoms with Gasteiger partial charge in [0.1, 0.15) is 0 Å². The summed E-state index contributed by atoms with van der Waals surface area (Å²) in [5, 5.41) is 0. The SMILES string of the molecule is CC(CN)C1CN(C(C)C)c2ccccc21. The van der Waals surface area contributed by atoms with E-state index in [-0.39, 0.29) is 0 Å². The van der Waals surface area contributed by atoms with Crippen molar-refractivity contribution in [2.45, 2.75) is 32.7 Å². The molecule has 0 bridgehead atoms. The third-order valence-electron chi connectivity index (χ3n) is 3.72. The van der Waals surface area contributed by atoms with Gasteiger partial charge in [-0.3, -0.25) is 0 Å². The molecule has 2 nitrogen and oxygen atoms in total. The van der Waals surface area contributed by atoms with Gasteiger partial charge < -0.3 is 10.6 Å². The minimum absolute atomic E-state index is 0.560. The second-order valence-corrected chi connectivity index (χ2v) is 5.12. The number of nitrogens with zero attached hydrogens (tertiary/aromatic N) is 1. The van der Waals surface area contributed by atoms with Gasteiger partial charge in [0.25, 0.3) is 0 Å². The van der Waals surface area contributed by atoms with Crippen LogP contribution in [0, 0.1) is 5.92 Å². The largest absolute Gasteiger partial charge is 0.368 e. The Morgan fingerprint density at radius 2 is 2.00 bits per heavy atom. The maximum Gasteiger partial charge on any atom is 0.0404 e. The Hall–Kier alpha value is -1.02. The molecule has 0 fully saturated rings. The molecule has 1 aromatic carbocycles. The summed E-state index contributed by atoms with van der Waals surface area (Å²) in [5.74, 6) is 1.16. The highest BCUT2D eigenvalue weighted by atomic mass is 15.2. The van der Waals surface area contributed by atoms with Gasteiger partial charge >= 0.3 is 0 Å². The average molecular weight is 218 g/mol. The third kappa shape index (κ3) is 1.82. The van der Waals surface area contributed by atoms with E-state index in [4.69, 9.17) is 5.73 Å². The second-order valence-electron chi connectivity index (χ2n) is 5.12. The highest BCUT2D eigenvalue weighted by molar-refractivity contribution is 5.60. The summed E-state index contributed by atoms with van der Waals surface area (Å²) >= 11 is 0. The predicted molar refractivity (Wildman–Crippen MR) is 69.9 cm³/mol. The van der Waals surface area contributed by atoms with Crippen molar-refractivity contribution in [1.29, 1.82) is 0 Å². The molecule has 1 aliphatic rings. The van der Waals surface area contributed by atoms with Gasteiger partial charge in [0.05, 0.1) is 0 Å². The molecule has 1 aromatic rings. The molecule has 0 saturated carbocycles. The maximum absolute atomic E-state index is 5.81. The van der Waals surface area contributed by atoms with Gasteiger partial charge in [-0.1, -0.05) is 25.1 Å². The van der Waals surface area contributed by atoms with Gasteiger partial charge in [0.15, 0.2) is 0 Å². The first-order chi connectivity index (χ1) is 7.65. The average Bonchev–Trinajstić information content (AvgIpc) is 2.67. The lowest BCUT2D eigenvalue weighted by Gasteiger charge is -2.25. The molecule has 0 aliphatic carbocycles. The lowest BCUT2D eigenvalue weighted by atomic mass is 9.89. The van der Waals surface area contributed by atoms with Gasteiger partial charge in [-0.05, 0) is 37.9 Å². The summed E-state index contributed by atoms with van der Waals surface area (Å²) in [6, 6.07) is 9.33. The van der Waals surface area contributed by atoms with Crippen molar-refractivity contribution in [3.63, 3.8) is 0 Å². The number of nitrogens with two attached hydrogens (primary N) is 1. The van der Waals surface area contributed by atoms with Crippen LogP contribution in [0.5, 0.6) is 0 Å². The quantitative estimate of drug-likeness (QED) is 0.845. The van der Waals surface area contributed by atoms with Gasteiger partial charge in [-0.15, -0.1) is 0 Å². The molecule has 0 saturated heterocycles. The number of para-hydroxylation sites is 1. The fraction of sp³-hybridized carbons (Fsp3) is 0.571. The molecule has 0 aromatic heterocycles. The minimum atomic E-state index is 0.560. The number of rotatable bonds is 3. The first kappa shape index (κ1) is 11.5. The molecular weight excluding hydrogens is 196 g/mol. The van der Waals surface area contributed by atoms with E-state index in [0.29, 0.717) is 17.9 Å². The Morgan fingerprint density at radius 1 is 1.31 bits per heavy atom. The van der Waals surface area contributed by atoms with Crippen molar-refractivity contribution < 1.29 is 0 Å². The van der Waals surface area contributed by atoms with Gasteiger partial charge in [-0.2, -0.15) is 0 Å². The molecule has 2 atom stereocenters. The van der Waals surface area contributed by atoms with E-state index < -0.39 is 0 Å². The Bertz CT molecular complexity index is 360. The van der Waals surface area contributed by atoms with E-state index in [1.807, 2.05) is 0 Å². The zero-order chi connectivity index (χ0) is 11.7. The van der Waals surface area contributed by atoms with Crippen LogP contribution in [0.4, 0.5) is 5.69 Å². The monoisotopic (exact) mass is 218 g/mol. The molecule has 2 N–H and O–H groups in total. The van der Waals surface area contributed by atoms with Crippen molar-refractivity contribution in [1.82, 2.24) is 0 Å². The topological polar surface area (TPSA) is 29.3 Å². The number of benzene rings is 1. The Labute approximate surface area is 98.4 Å².